The number of amides is 1. The summed E-state index contributed by atoms with van der Waals surface area (Å²) in [6.07, 6.45) is 1.77. The number of rotatable bonds is 5. The molecule has 0 saturated carbocycles. The van der Waals surface area contributed by atoms with E-state index in [1.54, 1.807) is 0 Å². The number of sulfonamides is 1. The molecule has 1 fully saturated rings. The lowest BCUT2D eigenvalue weighted by Gasteiger charge is -2.31. The Balaban J connectivity index is 1.86. The van der Waals surface area contributed by atoms with Crippen LogP contribution in [0.4, 0.5) is 5.95 Å². The van der Waals surface area contributed by atoms with Gasteiger partial charge in [0.05, 0.1) is 5.75 Å². The number of aromatic nitrogens is 3. The Morgan fingerprint density at radius 2 is 2.14 bits per heavy atom. The van der Waals surface area contributed by atoms with Crippen LogP contribution in [0.1, 0.15) is 36.8 Å². The smallest absolute Gasteiger partial charge is 0.288 e. The van der Waals surface area contributed by atoms with Crippen molar-refractivity contribution in [2.75, 3.05) is 24.6 Å². The van der Waals surface area contributed by atoms with Crippen LogP contribution in [0.15, 0.2) is 0 Å². The van der Waals surface area contributed by atoms with Crippen LogP contribution < -0.4 is 11.1 Å². The lowest BCUT2D eigenvalue weighted by atomic mass is 10.1. The summed E-state index contributed by atoms with van der Waals surface area (Å²) >= 11 is 0. The molecule has 1 aliphatic heterocycles. The van der Waals surface area contributed by atoms with E-state index in [2.05, 4.69) is 20.5 Å². The van der Waals surface area contributed by atoms with Gasteiger partial charge in [-0.05, 0) is 19.3 Å². The van der Waals surface area contributed by atoms with E-state index in [1.807, 2.05) is 6.92 Å². The van der Waals surface area contributed by atoms with Crippen LogP contribution in [0, 0.1) is 0 Å². The predicted octanol–water partition coefficient (Wildman–Crippen LogP) is -0.679. The first kappa shape index (κ1) is 15.7. The maximum absolute atomic E-state index is 11.9. The number of anilines is 1. The summed E-state index contributed by atoms with van der Waals surface area (Å²) in [5.41, 5.74) is 5.34. The van der Waals surface area contributed by atoms with E-state index in [-0.39, 0.29) is 29.5 Å². The fraction of sp³-hybridized carbons (Fsp3) is 0.727. The lowest BCUT2D eigenvalue weighted by Crippen LogP contribution is -2.47. The monoisotopic (exact) mass is 316 g/mol. The number of carbonyl (C=O) groups is 1. The molecule has 10 heteroatoms. The summed E-state index contributed by atoms with van der Waals surface area (Å²) < 4.78 is 25.4. The second-order valence-corrected chi connectivity index (χ2v) is 7.09. The van der Waals surface area contributed by atoms with Gasteiger partial charge in [0, 0.05) is 19.1 Å². The molecule has 1 saturated heterocycles. The van der Waals surface area contributed by atoms with Crippen molar-refractivity contribution >= 4 is 21.9 Å². The number of H-pyrrole nitrogens is 1. The van der Waals surface area contributed by atoms with Crippen LogP contribution in [-0.4, -0.2) is 58.7 Å². The molecule has 0 aliphatic carbocycles. The molecule has 9 nitrogen and oxygen atoms in total. The second-order valence-electron chi connectivity index (χ2n) is 5.01. The molecule has 2 rings (SSSR count). The van der Waals surface area contributed by atoms with Gasteiger partial charge in [-0.2, -0.15) is 4.98 Å². The van der Waals surface area contributed by atoms with E-state index < -0.39 is 10.0 Å². The molecule has 0 spiro atoms. The van der Waals surface area contributed by atoms with Gasteiger partial charge >= 0.3 is 0 Å². The Bertz CT molecular complexity index is 591. The number of nitrogens with one attached hydrogen (secondary N) is 2. The van der Waals surface area contributed by atoms with Gasteiger partial charge in [0.2, 0.25) is 21.8 Å². The second kappa shape index (κ2) is 6.39. The van der Waals surface area contributed by atoms with Crippen LogP contribution in [0.25, 0.3) is 0 Å². The number of hydrogen-bond donors (Lipinski definition) is 3. The van der Waals surface area contributed by atoms with Crippen LogP contribution in [-0.2, 0) is 10.0 Å². The predicted molar refractivity (Wildman–Crippen MR) is 76.9 cm³/mol. The highest BCUT2D eigenvalue weighted by Crippen LogP contribution is 2.15. The summed E-state index contributed by atoms with van der Waals surface area (Å²) in [5.74, 6) is -0.135. The molecule has 21 heavy (non-hydrogen) atoms. The third-order valence-electron chi connectivity index (χ3n) is 3.36. The van der Waals surface area contributed by atoms with Crippen LogP contribution in [0.2, 0.25) is 0 Å². The normalized spacial score (nSPS) is 17.8. The molecule has 1 aromatic heterocycles. The maximum Gasteiger partial charge on any atom is 0.288 e. The molecule has 1 aliphatic rings. The van der Waals surface area contributed by atoms with E-state index >= 15 is 0 Å². The standard InChI is InChI=1S/C11H20N6O3S/c1-2-7-21(19,20)17-5-3-8(4-6-17)13-10(18)9-14-11(12)16-15-9/h8H,2-7H2,1H3,(H,13,18)(H3,12,14,15,16). The van der Waals surface area contributed by atoms with E-state index in [0.29, 0.717) is 32.4 Å². The molecule has 1 aromatic rings. The topological polar surface area (TPSA) is 134 Å². The Hall–Kier alpha value is -1.68. The zero-order chi connectivity index (χ0) is 15.5. The number of hydrogen-bond acceptors (Lipinski definition) is 6. The Morgan fingerprint density at radius 3 is 2.67 bits per heavy atom. The fourth-order valence-electron chi connectivity index (χ4n) is 2.30. The van der Waals surface area contributed by atoms with E-state index in [1.165, 1.54) is 4.31 Å². The molecule has 0 unspecified atom stereocenters. The van der Waals surface area contributed by atoms with Gasteiger partial charge in [0.25, 0.3) is 5.91 Å². The van der Waals surface area contributed by atoms with Gasteiger partial charge in [0.1, 0.15) is 0 Å². The summed E-state index contributed by atoms with van der Waals surface area (Å²) in [6, 6.07) is -0.0723. The number of carbonyl (C=O) groups excluding carboxylic acids is 1. The molecule has 0 atom stereocenters. The number of nitrogens with two attached hydrogens (primary N) is 1. The van der Waals surface area contributed by atoms with Gasteiger partial charge in [-0.15, -0.1) is 5.10 Å². The first-order valence-electron chi connectivity index (χ1n) is 6.89. The van der Waals surface area contributed by atoms with Crippen LogP contribution in [0.3, 0.4) is 0 Å². The van der Waals surface area contributed by atoms with Crippen molar-refractivity contribution in [3.05, 3.63) is 5.82 Å². The lowest BCUT2D eigenvalue weighted by molar-refractivity contribution is 0.0913. The zero-order valence-electron chi connectivity index (χ0n) is 11.9. The van der Waals surface area contributed by atoms with Crippen LogP contribution in [0.5, 0.6) is 0 Å². The number of nitrogens with zero attached hydrogens (tertiary/aromatic N) is 3. The molecular formula is C11H20N6O3S. The minimum atomic E-state index is -3.16. The average molecular weight is 316 g/mol. The highest BCUT2D eigenvalue weighted by atomic mass is 32.2. The summed E-state index contributed by atoms with van der Waals surface area (Å²) in [7, 11) is -3.16. The fourth-order valence-corrected chi connectivity index (χ4v) is 3.84. The van der Waals surface area contributed by atoms with Crippen LogP contribution >= 0.6 is 0 Å². The third kappa shape index (κ3) is 3.91. The van der Waals surface area contributed by atoms with Crippen molar-refractivity contribution < 1.29 is 13.2 Å². The largest absolute Gasteiger partial charge is 0.366 e. The van der Waals surface area contributed by atoms with Crippen molar-refractivity contribution in [3.63, 3.8) is 0 Å². The molecule has 0 aromatic carbocycles. The molecule has 0 radical (unpaired) electrons. The van der Waals surface area contributed by atoms with E-state index in [4.69, 9.17) is 5.73 Å². The van der Waals surface area contributed by atoms with Gasteiger partial charge in [-0.25, -0.2) is 12.7 Å². The summed E-state index contributed by atoms with van der Waals surface area (Å²) in [5, 5.41) is 8.83. The summed E-state index contributed by atoms with van der Waals surface area (Å²) in [6.45, 7) is 2.69. The minimum absolute atomic E-state index is 0.0145. The van der Waals surface area contributed by atoms with Crippen molar-refractivity contribution in [1.29, 1.82) is 0 Å². The number of piperidine rings is 1. The SMILES string of the molecule is CCCS(=O)(=O)N1CCC(NC(=O)c2nc(N)n[nH]2)CC1. The highest BCUT2D eigenvalue weighted by molar-refractivity contribution is 7.89. The quantitative estimate of drug-likeness (QED) is 0.659. The van der Waals surface area contributed by atoms with Crippen molar-refractivity contribution in [3.8, 4) is 0 Å². The van der Waals surface area contributed by atoms with Crippen molar-refractivity contribution in [1.82, 2.24) is 24.8 Å². The number of nitrogen functional groups attached to an aromatic ring is 1. The molecular weight excluding hydrogens is 296 g/mol. The summed E-state index contributed by atoms with van der Waals surface area (Å²) in [4.78, 5) is 15.6. The van der Waals surface area contributed by atoms with Gasteiger partial charge in [-0.1, -0.05) is 6.92 Å². The van der Waals surface area contributed by atoms with E-state index in [0.717, 1.165) is 0 Å². The number of aromatic amines is 1. The van der Waals surface area contributed by atoms with Gasteiger partial charge in [-0.3, -0.25) is 9.89 Å². The molecule has 0 bridgehead atoms. The van der Waals surface area contributed by atoms with Gasteiger partial charge in [0.15, 0.2) is 0 Å². The first-order chi connectivity index (χ1) is 9.92. The molecule has 4 N–H and O–H groups in total. The zero-order valence-corrected chi connectivity index (χ0v) is 12.7. The molecule has 118 valence electrons. The van der Waals surface area contributed by atoms with Crippen molar-refractivity contribution in [2.24, 2.45) is 0 Å². The average Bonchev–Trinajstić information content (AvgIpc) is 2.86. The molecule has 2 heterocycles. The van der Waals surface area contributed by atoms with Gasteiger partial charge < -0.3 is 11.1 Å². The van der Waals surface area contributed by atoms with Crippen molar-refractivity contribution in [2.45, 2.75) is 32.2 Å². The minimum Gasteiger partial charge on any atom is -0.366 e. The maximum atomic E-state index is 11.9. The first-order valence-corrected chi connectivity index (χ1v) is 8.50. The Morgan fingerprint density at radius 1 is 1.48 bits per heavy atom. The Labute approximate surface area is 123 Å². The highest BCUT2D eigenvalue weighted by Gasteiger charge is 2.28. The van der Waals surface area contributed by atoms with E-state index in [9.17, 15) is 13.2 Å². The molecule has 1 amide bonds. The Kier molecular flexibility index (Phi) is 4.78. The third-order valence-corrected chi connectivity index (χ3v) is 5.44.